The van der Waals surface area contributed by atoms with Gasteiger partial charge in [-0.2, -0.15) is 0 Å². The van der Waals surface area contributed by atoms with Gasteiger partial charge in [0.05, 0.1) is 6.61 Å². The van der Waals surface area contributed by atoms with Gasteiger partial charge < -0.3 is 14.8 Å². The summed E-state index contributed by atoms with van der Waals surface area (Å²) < 4.78 is 11.4. The number of nitrogens with one attached hydrogen (secondary N) is 1. The van der Waals surface area contributed by atoms with Crippen LogP contribution in [0.2, 0.25) is 0 Å². The minimum Gasteiger partial charge on any atom is -0.494 e. The van der Waals surface area contributed by atoms with Gasteiger partial charge in [0.25, 0.3) is 5.91 Å². The maximum Gasteiger partial charge on any atom is 0.306 e. The monoisotopic (exact) mass is 383 g/mol. The van der Waals surface area contributed by atoms with Crippen molar-refractivity contribution in [1.29, 1.82) is 0 Å². The van der Waals surface area contributed by atoms with E-state index >= 15 is 0 Å². The maximum atomic E-state index is 11.6. The van der Waals surface area contributed by atoms with Gasteiger partial charge in [-0.3, -0.25) is 9.59 Å². The molecule has 1 aromatic rings. The lowest BCUT2D eigenvalue weighted by atomic mass is 10.2. The Labute approximate surface area is 144 Å². The largest absolute Gasteiger partial charge is 0.494 e. The van der Waals surface area contributed by atoms with Gasteiger partial charge in [-0.05, 0) is 50.3 Å². The molecule has 1 aliphatic carbocycles. The van der Waals surface area contributed by atoms with Crippen LogP contribution in [0.1, 0.15) is 32.6 Å². The van der Waals surface area contributed by atoms with Crippen molar-refractivity contribution in [3.8, 4) is 5.75 Å². The third kappa shape index (κ3) is 7.03. The fourth-order valence-electron chi connectivity index (χ4n) is 2.19. The second-order valence-corrected chi connectivity index (χ2v) is 6.68. The van der Waals surface area contributed by atoms with Crippen LogP contribution in [-0.4, -0.2) is 31.1 Å². The van der Waals surface area contributed by atoms with E-state index in [0.29, 0.717) is 18.9 Å². The highest BCUT2D eigenvalue weighted by Gasteiger charge is 2.28. The Hall–Kier alpha value is -1.56. The summed E-state index contributed by atoms with van der Waals surface area (Å²) in [5.41, 5.74) is 0. The number of carbonyl (C=O) groups excluding carboxylic acids is 2. The smallest absolute Gasteiger partial charge is 0.306 e. The Morgan fingerprint density at radius 2 is 2.17 bits per heavy atom. The van der Waals surface area contributed by atoms with Crippen LogP contribution in [0, 0.1) is 5.92 Å². The number of benzene rings is 1. The lowest BCUT2D eigenvalue weighted by Gasteiger charge is -2.12. The van der Waals surface area contributed by atoms with Crippen molar-refractivity contribution in [3.05, 3.63) is 28.7 Å². The Bertz CT molecular complexity index is 545. The molecule has 0 unspecified atom stereocenters. The number of carbonyl (C=O) groups is 2. The van der Waals surface area contributed by atoms with Crippen LogP contribution in [0.3, 0.4) is 0 Å². The van der Waals surface area contributed by atoms with Crippen molar-refractivity contribution in [3.63, 3.8) is 0 Å². The molecule has 5 nitrogen and oxygen atoms in total. The molecule has 1 aromatic carbocycles. The van der Waals surface area contributed by atoms with Gasteiger partial charge in [0.1, 0.15) is 5.75 Å². The van der Waals surface area contributed by atoms with Crippen LogP contribution >= 0.6 is 15.9 Å². The van der Waals surface area contributed by atoms with E-state index in [4.69, 9.17) is 9.47 Å². The first kappa shape index (κ1) is 17.8. The van der Waals surface area contributed by atoms with Crippen LogP contribution in [-0.2, 0) is 14.3 Å². The summed E-state index contributed by atoms with van der Waals surface area (Å²) in [7, 11) is 0. The Balaban J connectivity index is 1.53. The van der Waals surface area contributed by atoms with Gasteiger partial charge in [-0.1, -0.05) is 22.0 Å². The average Bonchev–Trinajstić information content (AvgIpc) is 3.34. The van der Waals surface area contributed by atoms with Gasteiger partial charge in [0.2, 0.25) is 0 Å². The van der Waals surface area contributed by atoms with E-state index in [1.54, 1.807) is 0 Å². The van der Waals surface area contributed by atoms with Gasteiger partial charge in [0.15, 0.2) is 6.61 Å². The van der Waals surface area contributed by atoms with Crippen LogP contribution in [0.5, 0.6) is 5.75 Å². The van der Waals surface area contributed by atoms with E-state index in [1.165, 1.54) is 12.8 Å². The number of halogens is 1. The molecule has 0 saturated heterocycles. The first-order valence-electron chi connectivity index (χ1n) is 7.88. The molecule has 0 aliphatic heterocycles. The molecule has 0 spiro atoms. The molecular formula is C17H22BrNO4. The zero-order valence-corrected chi connectivity index (χ0v) is 14.8. The number of rotatable bonds is 9. The summed E-state index contributed by atoms with van der Waals surface area (Å²) in [6.07, 6.45) is 3.11. The minimum atomic E-state index is -0.378. The number of esters is 1. The van der Waals surface area contributed by atoms with Crippen molar-refractivity contribution in [2.24, 2.45) is 5.92 Å². The first-order valence-corrected chi connectivity index (χ1v) is 8.67. The first-order chi connectivity index (χ1) is 11.0. The van der Waals surface area contributed by atoms with Gasteiger partial charge in [0, 0.05) is 16.9 Å². The molecule has 1 fully saturated rings. The molecule has 126 valence electrons. The minimum absolute atomic E-state index is 0.166. The second-order valence-electron chi connectivity index (χ2n) is 5.76. The highest BCUT2D eigenvalue weighted by atomic mass is 79.9. The van der Waals surface area contributed by atoms with E-state index in [-0.39, 0.29) is 30.9 Å². The van der Waals surface area contributed by atoms with Crippen LogP contribution in [0.25, 0.3) is 0 Å². The van der Waals surface area contributed by atoms with E-state index in [1.807, 2.05) is 31.2 Å². The van der Waals surface area contributed by atoms with Crippen molar-refractivity contribution in [2.45, 2.75) is 38.6 Å². The third-order valence-electron chi connectivity index (χ3n) is 3.67. The highest BCUT2D eigenvalue weighted by Crippen LogP contribution is 2.32. The molecule has 6 heteroatoms. The van der Waals surface area contributed by atoms with E-state index < -0.39 is 0 Å². The van der Waals surface area contributed by atoms with Crippen molar-refractivity contribution >= 4 is 27.8 Å². The van der Waals surface area contributed by atoms with Crippen molar-refractivity contribution < 1.29 is 19.1 Å². The molecule has 23 heavy (non-hydrogen) atoms. The predicted molar refractivity (Wildman–Crippen MR) is 90.2 cm³/mol. The van der Waals surface area contributed by atoms with Crippen LogP contribution in [0.4, 0.5) is 0 Å². The van der Waals surface area contributed by atoms with Gasteiger partial charge in [-0.15, -0.1) is 0 Å². The molecule has 1 atom stereocenters. The summed E-state index contributed by atoms with van der Waals surface area (Å²) >= 11 is 3.37. The fraction of sp³-hybridized carbons (Fsp3) is 0.529. The fourth-order valence-corrected chi connectivity index (χ4v) is 2.57. The summed E-state index contributed by atoms with van der Waals surface area (Å²) in [5, 5.41) is 2.85. The Morgan fingerprint density at radius 3 is 2.87 bits per heavy atom. The zero-order chi connectivity index (χ0) is 16.7. The Kier molecular flexibility index (Phi) is 6.89. The summed E-state index contributed by atoms with van der Waals surface area (Å²) in [5.74, 6) is 0.728. The lowest BCUT2D eigenvalue weighted by molar-refractivity contribution is -0.148. The van der Waals surface area contributed by atoms with Gasteiger partial charge >= 0.3 is 5.97 Å². The van der Waals surface area contributed by atoms with E-state index in [2.05, 4.69) is 21.2 Å². The third-order valence-corrected chi connectivity index (χ3v) is 4.17. The number of hydrogen-bond acceptors (Lipinski definition) is 4. The summed E-state index contributed by atoms with van der Waals surface area (Å²) in [6.45, 7) is 2.20. The second kappa shape index (κ2) is 8.91. The normalized spacial score (nSPS) is 14.9. The predicted octanol–water partition coefficient (Wildman–Crippen LogP) is 3.07. The molecule has 1 N–H and O–H groups in total. The SMILES string of the molecule is C[C@H](NC(=O)COC(=O)CCCOc1cccc(Br)c1)C1CC1. The molecule has 1 amide bonds. The Morgan fingerprint density at radius 1 is 1.39 bits per heavy atom. The number of ether oxygens (including phenoxy) is 2. The number of amides is 1. The zero-order valence-electron chi connectivity index (χ0n) is 13.2. The molecule has 0 bridgehead atoms. The number of hydrogen-bond donors (Lipinski definition) is 1. The summed E-state index contributed by atoms with van der Waals surface area (Å²) in [4.78, 5) is 23.2. The molecule has 0 aromatic heterocycles. The standard InChI is InChI=1S/C17H22BrNO4/c1-12(13-7-8-13)19-16(20)11-23-17(21)6-3-9-22-15-5-2-4-14(18)10-15/h2,4-5,10,12-13H,3,6-9,11H2,1H3,(H,19,20)/t12-/m0/s1. The molecule has 0 heterocycles. The highest BCUT2D eigenvalue weighted by molar-refractivity contribution is 9.10. The molecule has 1 saturated carbocycles. The van der Waals surface area contributed by atoms with Crippen molar-refractivity contribution in [2.75, 3.05) is 13.2 Å². The molecule has 1 aliphatic rings. The quantitative estimate of drug-likeness (QED) is 0.525. The summed E-state index contributed by atoms with van der Waals surface area (Å²) in [6, 6.07) is 7.69. The molecule has 0 radical (unpaired) electrons. The molecule has 2 rings (SSSR count). The van der Waals surface area contributed by atoms with E-state index in [0.717, 1.165) is 10.2 Å². The molecular weight excluding hydrogens is 362 g/mol. The average molecular weight is 384 g/mol. The van der Waals surface area contributed by atoms with Crippen LogP contribution in [0.15, 0.2) is 28.7 Å². The van der Waals surface area contributed by atoms with Crippen molar-refractivity contribution in [1.82, 2.24) is 5.32 Å². The van der Waals surface area contributed by atoms with Gasteiger partial charge in [-0.25, -0.2) is 0 Å². The van der Waals surface area contributed by atoms with Crippen LogP contribution < -0.4 is 10.1 Å². The topological polar surface area (TPSA) is 64.6 Å². The van der Waals surface area contributed by atoms with E-state index in [9.17, 15) is 9.59 Å². The maximum absolute atomic E-state index is 11.6. The lowest BCUT2D eigenvalue weighted by Crippen LogP contribution is -2.37.